The summed E-state index contributed by atoms with van der Waals surface area (Å²) in [5, 5.41) is 9.66. The topological polar surface area (TPSA) is 53.3 Å². The van der Waals surface area contributed by atoms with Crippen LogP contribution < -0.4 is 0 Å². The van der Waals surface area contributed by atoms with E-state index in [0.717, 1.165) is 12.0 Å². The maximum absolute atomic E-state index is 11.8. The third-order valence-electron chi connectivity index (χ3n) is 4.40. The molecule has 122 valence electrons. The molecule has 1 aliphatic heterocycles. The highest BCUT2D eigenvalue weighted by Gasteiger charge is 2.34. The van der Waals surface area contributed by atoms with Gasteiger partial charge in [-0.05, 0) is 24.0 Å². The molecular weight excluding hydrogens is 300 g/mol. The number of esters is 1. The molecule has 1 saturated heterocycles. The summed E-state index contributed by atoms with van der Waals surface area (Å²) < 4.78 is 5.24. The number of nitrogens with zero attached hydrogens (tertiary/aromatic N) is 2. The zero-order valence-electron chi connectivity index (χ0n) is 13.5. The van der Waals surface area contributed by atoms with Gasteiger partial charge in [0.05, 0.1) is 24.7 Å². The van der Waals surface area contributed by atoms with Crippen molar-refractivity contribution < 1.29 is 9.53 Å². The lowest BCUT2D eigenvalue weighted by atomic mass is 9.99. The molecule has 0 aliphatic carbocycles. The van der Waals surface area contributed by atoms with Gasteiger partial charge in [0, 0.05) is 0 Å². The van der Waals surface area contributed by atoms with Crippen molar-refractivity contribution in [1.82, 2.24) is 4.90 Å². The summed E-state index contributed by atoms with van der Waals surface area (Å²) >= 11 is 0. The summed E-state index contributed by atoms with van der Waals surface area (Å²) in [6.07, 6.45) is 1.50. The number of aryl methyl sites for hydroxylation is 1. The first-order valence-electron chi connectivity index (χ1n) is 8.18. The second-order valence-electron chi connectivity index (χ2n) is 5.95. The highest BCUT2D eigenvalue weighted by molar-refractivity contribution is 5.72. The number of hydrogen-bond acceptors (Lipinski definition) is 4. The molecule has 4 heteroatoms. The number of cyclic esters (lactones) is 1. The molecule has 0 radical (unpaired) electrons. The molecule has 0 amide bonds. The predicted octanol–water partition coefficient (Wildman–Crippen LogP) is 3.11. The van der Waals surface area contributed by atoms with Crippen LogP contribution in [0.25, 0.3) is 0 Å². The van der Waals surface area contributed by atoms with Crippen molar-refractivity contribution in [1.29, 1.82) is 5.26 Å². The van der Waals surface area contributed by atoms with Crippen LogP contribution in [0.2, 0.25) is 0 Å². The Bertz CT molecular complexity index is 709. The van der Waals surface area contributed by atoms with Crippen molar-refractivity contribution in [2.45, 2.75) is 24.9 Å². The summed E-state index contributed by atoms with van der Waals surface area (Å²) in [5.74, 6) is -0.262. The Morgan fingerprint density at radius 1 is 1.12 bits per heavy atom. The lowest BCUT2D eigenvalue weighted by molar-refractivity contribution is -0.156. The molecule has 0 N–H and O–H groups in total. The minimum absolute atomic E-state index is 0.0654. The fourth-order valence-corrected chi connectivity index (χ4v) is 3.12. The van der Waals surface area contributed by atoms with Crippen molar-refractivity contribution in [3.63, 3.8) is 0 Å². The van der Waals surface area contributed by atoms with Gasteiger partial charge in [-0.2, -0.15) is 5.26 Å². The molecule has 0 aromatic heterocycles. The van der Waals surface area contributed by atoms with E-state index in [2.05, 4.69) is 18.2 Å². The first kappa shape index (κ1) is 16.2. The van der Waals surface area contributed by atoms with Crippen LogP contribution in [0.4, 0.5) is 0 Å². The monoisotopic (exact) mass is 320 g/mol. The van der Waals surface area contributed by atoms with E-state index in [1.165, 1.54) is 5.56 Å². The normalized spacial score (nSPS) is 19.3. The number of hydrogen-bond donors (Lipinski definition) is 0. The molecule has 1 heterocycles. The molecule has 4 nitrogen and oxygen atoms in total. The van der Waals surface area contributed by atoms with Crippen molar-refractivity contribution >= 4 is 5.97 Å². The highest BCUT2D eigenvalue weighted by atomic mass is 16.5. The van der Waals surface area contributed by atoms with Crippen LogP contribution in [0, 0.1) is 11.3 Å². The van der Waals surface area contributed by atoms with Crippen LogP contribution >= 0.6 is 0 Å². The van der Waals surface area contributed by atoms with Gasteiger partial charge in [-0.15, -0.1) is 0 Å². The zero-order chi connectivity index (χ0) is 16.8. The standard InChI is InChI=1S/C20H20N2O2/c21-13-18(12-11-16-7-3-1-4-8-16)22-14-20(23)24-15-19(22)17-9-5-2-6-10-17/h1-10,18-19H,11-12,14-15H2/t18-,19+/m0/s1. The van der Waals surface area contributed by atoms with Gasteiger partial charge in [-0.3, -0.25) is 9.69 Å². The van der Waals surface area contributed by atoms with Gasteiger partial charge in [-0.1, -0.05) is 60.7 Å². The highest BCUT2D eigenvalue weighted by Crippen LogP contribution is 2.28. The molecule has 2 aromatic carbocycles. The number of rotatable bonds is 5. The van der Waals surface area contributed by atoms with E-state index in [9.17, 15) is 10.1 Å². The Labute approximate surface area is 142 Å². The van der Waals surface area contributed by atoms with Crippen LogP contribution in [0.5, 0.6) is 0 Å². The molecule has 0 spiro atoms. The van der Waals surface area contributed by atoms with E-state index >= 15 is 0 Å². The summed E-state index contributed by atoms with van der Waals surface area (Å²) in [6.45, 7) is 0.457. The van der Waals surface area contributed by atoms with Gasteiger partial charge in [0.2, 0.25) is 0 Å². The van der Waals surface area contributed by atoms with Gasteiger partial charge in [0.25, 0.3) is 0 Å². The smallest absolute Gasteiger partial charge is 0.320 e. The fraction of sp³-hybridized carbons (Fsp3) is 0.300. The summed E-state index contributed by atoms with van der Waals surface area (Å²) in [4.78, 5) is 13.7. The van der Waals surface area contributed by atoms with E-state index in [1.807, 2.05) is 53.4 Å². The van der Waals surface area contributed by atoms with Crippen molar-refractivity contribution in [2.24, 2.45) is 0 Å². The predicted molar refractivity (Wildman–Crippen MR) is 91.0 cm³/mol. The largest absolute Gasteiger partial charge is 0.463 e. The molecule has 24 heavy (non-hydrogen) atoms. The van der Waals surface area contributed by atoms with E-state index < -0.39 is 0 Å². The molecule has 2 aromatic rings. The Hall–Kier alpha value is -2.64. The molecular formula is C20H20N2O2. The molecule has 0 saturated carbocycles. The number of carbonyl (C=O) groups excluding carboxylic acids is 1. The minimum atomic E-state index is -0.316. The van der Waals surface area contributed by atoms with Gasteiger partial charge < -0.3 is 4.74 Å². The SMILES string of the molecule is N#C[C@H](CCc1ccccc1)N1CC(=O)OC[C@@H]1c1ccccc1. The maximum atomic E-state index is 11.8. The number of carbonyl (C=O) groups is 1. The molecule has 3 rings (SSSR count). The van der Waals surface area contributed by atoms with Crippen LogP contribution in [0.15, 0.2) is 60.7 Å². The van der Waals surface area contributed by atoms with Gasteiger partial charge in [0.1, 0.15) is 6.61 Å². The third-order valence-corrected chi connectivity index (χ3v) is 4.40. The Balaban J connectivity index is 1.76. The second-order valence-corrected chi connectivity index (χ2v) is 5.95. The van der Waals surface area contributed by atoms with Crippen molar-refractivity contribution in [2.75, 3.05) is 13.2 Å². The molecule has 2 atom stereocenters. The number of ether oxygens (including phenoxy) is 1. The van der Waals surface area contributed by atoms with Crippen molar-refractivity contribution in [3.8, 4) is 6.07 Å². The average Bonchev–Trinajstić information content (AvgIpc) is 2.64. The Morgan fingerprint density at radius 2 is 1.79 bits per heavy atom. The summed E-state index contributed by atoms with van der Waals surface area (Å²) in [7, 11) is 0. The van der Waals surface area contributed by atoms with Crippen molar-refractivity contribution in [3.05, 3.63) is 71.8 Å². The Morgan fingerprint density at radius 3 is 2.46 bits per heavy atom. The van der Waals surface area contributed by atoms with Crippen LogP contribution in [0.1, 0.15) is 23.6 Å². The number of nitriles is 1. The number of benzene rings is 2. The van der Waals surface area contributed by atoms with Gasteiger partial charge in [0.15, 0.2) is 0 Å². The van der Waals surface area contributed by atoms with E-state index in [0.29, 0.717) is 13.0 Å². The first-order chi connectivity index (χ1) is 11.8. The Kier molecular flexibility index (Phi) is 5.25. The quantitative estimate of drug-likeness (QED) is 0.794. The zero-order valence-corrected chi connectivity index (χ0v) is 13.5. The summed E-state index contributed by atoms with van der Waals surface area (Å²) in [6, 6.07) is 22.0. The van der Waals surface area contributed by atoms with E-state index in [4.69, 9.17) is 4.74 Å². The number of morpholine rings is 1. The van der Waals surface area contributed by atoms with E-state index in [1.54, 1.807) is 0 Å². The third kappa shape index (κ3) is 3.81. The molecule has 1 aliphatic rings. The van der Waals surface area contributed by atoms with Crippen LogP contribution in [0.3, 0.4) is 0 Å². The van der Waals surface area contributed by atoms with Crippen LogP contribution in [-0.2, 0) is 16.0 Å². The van der Waals surface area contributed by atoms with Crippen LogP contribution in [-0.4, -0.2) is 30.1 Å². The minimum Gasteiger partial charge on any atom is -0.463 e. The summed E-state index contributed by atoms with van der Waals surface area (Å²) in [5.41, 5.74) is 2.28. The second kappa shape index (κ2) is 7.76. The fourth-order valence-electron chi connectivity index (χ4n) is 3.12. The van der Waals surface area contributed by atoms with Gasteiger partial charge in [-0.25, -0.2) is 0 Å². The molecule has 1 fully saturated rings. The lowest BCUT2D eigenvalue weighted by Crippen LogP contribution is -2.47. The average molecular weight is 320 g/mol. The lowest BCUT2D eigenvalue weighted by Gasteiger charge is -2.37. The van der Waals surface area contributed by atoms with Gasteiger partial charge >= 0.3 is 5.97 Å². The maximum Gasteiger partial charge on any atom is 0.320 e. The molecule has 0 bridgehead atoms. The first-order valence-corrected chi connectivity index (χ1v) is 8.18. The van der Waals surface area contributed by atoms with E-state index in [-0.39, 0.29) is 24.6 Å². The molecule has 0 unspecified atom stereocenters.